The minimum absolute atomic E-state index is 0.0129. The highest BCUT2D eigenvalue weighted by atomic mass is 16.6. The Morgan fingerprint density at radius 2 is 0.912 bits per heavy atom. The molecule has 57 heavy (non-hydrogen) atoms. The zero-order chi connectivity index (χ0) is 41.6. The molecule has 1 aliphatic heterocycles. The monoisotopic (exact) mass is 780 g/mol. The SMILES string of the molecule is CC(=O)Oc1cc(OC(C)=O)cc([C@H]2c3c(/C=C/c4ccc(OC(C)=O)c(OC(C)=O)c4)cc(OC(C)=O)cc3O[C@@H]2c2ccc(OC(C)=O)c(OC(C)=O)c2)c1. The summed E-state index contributed by atoms with van der Waals surface area (Å²) in [5, 5.41) is 0. The molecule has 0 aromatic heterocycles. The molecular weight excluding hydrogens is 744 g/mol. The van der Waals surface area contributed by atoms with Crippen molar-refractivity contribution < 1.29 is 71.5 Å². The molecule has 1 heterocycles. The van der Waals surface area contributed by atoms with Gasteiger partial charge in [-0.3, -0.25) is 33.6 Å². The van der Waals surface area contributed by atoms with Crippen LogP contribution in [0.3, 0.4) is 0 Å². The number of ether oxygens (including phenoxy) is 8. The zero-order valence-electron chi connectivity index (χ0n) is 31.8. The molecule has 0 aliphatic carbocycles. The minimum atomic E-state index is -0.961. The van der Waals surface area contributed by atoms with Gasteiger partial charge < -0.3 is 37.9 Å². The largest absolute Gasteiger partial charge is 0.484 e. The first-order valence-electron chi connectivity index (χ1n) is 17.2. The van der Waals surface area contributed by atoms with Gasteiger partial charge in [-0.1, -0.05) is 24.3 Å². The Morgan fingerprint density at radius 1 is 0.456 bits per heavy atom. The van der Waals surface area contributed by atoms with Gasteiger partial charge in [-0.15, -0.1) is 0 Å². The lowest BCUT2D eigenvalue weighted by Crippen LogP contribution is -2.14. The van der Waals surface area contributed by atoms with Crippen LogP contribution in [-0.2, 0) is 33.6 Å². The number of hydrogen-bond donors (Lipinski definition) is 0. The number of carbonyl (C=O) groups excluding carboxylic acids is 7. The Kier molecular flexibility index (Phi) is 12.5. The topological polar surface area (TPSA) is 193 Å². The molecule has 5 rings (SSSR count). The van der Waals surface area contributed by atoms with Gasteiger partial charge in [-0.2, -0.15) is 0 Å². The second-order valence-corrected chi connectivity index (χ2v) is 12.6. The summed E-state index contributed by atoms with van der Waals surface area (Å²) in [6.07, 6.45) is 2.38. The highest BCUT2D eigenvalue weighted by Crippen LogP contribution is 2.54. The molecule has 0 saturated carbocycles. The van der Waals surface area contributed by atoms with E-state index in [1.54, 1.807) is 42.5 Å². The Morgan fingerprint density at radius 3 is 1.42 bits per heavy atom. The number of benzene rings is 4. The third-order valence-corrected chi connectivity index (χ3v) is 7.80. The number of esters is 7. The van der Waals surface area contributed by atoms with E-state index < -0.39 is 53.8 Å². The molecule has 0 saturated heterocycles. The van der Waals surface area contributed by atoms with Crippen LogP contribution in [0, 0.1) is 0 Å². The summed E-state index contributed by atoms with van der Waals surface area (Å²) >= 11 is 0. The number of fused-ring (bicyclic) bond motifs is 1. The molecule has 0 bridgehead atoms. The summed E-state index contributed by atoms with van der Waals surface area (Å²) in [5.74, 6) is -4.98. The Hall–Kier alpha value is -7.29. The van der Waals surface area contributed by atoms with E-state index in [-0.39, 0.29) is 46.0 Å². The highest BCUT2D eigenvalue weighted by Gasteiger charge is 2.40. The molecule has 0 amide bonds. The fraction of sp³-hybridized carbons (Fsp3) is 0.214. The second-order valence-electron chi connectivity index (χ2n) is 12.6. The lowest BCUT2D eigenvalue weighted by molar-refractivity contribution is -0.134. The average Bonchev–Trinajstić information content (AvgIpc) is 3.47. The summed E-state index contributed by atoms with van der Waals surface area (Å²) in [7, 11) is 0. The maximum atomic E-state index is 12.2. The van der Waals surface area contributed by atoms with E-state index in [4.69, 9.17) is 37.9 Å². The molecule has 0 spiro atoms. The van der Waals surface area contributed by atoms with E-state index in [0.29, 0.717) is 27.8 Å². The summed E-state index contributed by atoms with van der Waals surface area (Å²) in [5.41, 5.74) is 2.34. The molecule has 1 aliphatic rings. The van der Waals surface area contributed by atoms with Gasteiger partial charge in [0.25, 0.3) is 0 Å². The van der Waals surface area contributed by atoms with Crippen LogP contribution in [0.2, 0.25) is 0 Å². The molecule has 4 aromatic carbocycles. The van der Waals surface area contributed by atoms with Crippen LogP contribution >= 0.6 is 0 Å². The van der Waals surface area contributed by atoms with Gasteiger partial charge in [0.15, 0.2) is 23.0 Å². The van der Waals surface area contributed by atoms with Gasteiger partial charge >= 0.3 is 41.8 Å². The summed E-state index contributed by atoms with van der Waals surface area (Å²) in [6.45, 7) is 8.42. The first-order chi connectivity index (χ1) is 26.9. The van der Waals surface area contributed by atoms with Crippen LogP contribution < -0.4 is 37.9 Å². The quantitative estimate of drug-likeness (QED) is 0.0897. The Bertz CT molecular complexity index is 2300. The van der Waals surface area contributed by atoms with Crippen molar-refractivity contribution in [3.8, 4) is 46.0 Å². The van der Waals surface area contributed by atoms with Crippen LogP contribution in [0.4, 0.5) is 0 Å². The van der Waals surface area contributed by atoms with Crippen molar-refractivity contribution in [3.05, 3.63) is 94.5 Å². The lowest BCUT2D eigenvalue weighted by Gasteiger charge is -2.23. The third-order valence-electron chi connectivity index (χ3n) is 7.80. The molecule has 15 heteroatoms. The predicted molar refractivity (Wildman–Crippen MR) is 199 cm³/mol. The Labute approximate surface area is 326 Å². The average molecular weight is 781 g/mol. The number of carbonyl (C=O) groups is 7. The summed E-state index contributed by atoms with van der Waals surface area (Å²) < 4.78 is 44.2. The van der Waals surface area contributed by atoms with Crippen LogP contribution in [0.1, 0.15) is 88.3 Å². The van der Waals surface area contributed by atoms with E-state index in [1.807, 2.05) is 0 Å². The second kappa shape index (κ2) is 17.5. The van der Waals surface area contributed by atoms with Crippen molar-refractivity contribution in [1.82, 2.24) is 0 Å². The first kappa shape index (κ1) is 40.9. The van der Waals surface area contributed by atoms with Crippen LogP contribution in [0.25, 0.3) is 12.2 Å². The van der Waals surface area contributed by atoms with Gasteiger partial charge in [0, 0.05) is 66.2 Å². The zero-order valence-corrected chi connectivity index (χ0v) is 31.8. The van der Waals surface area contributed by atoms with Gasteiger partial charge in [-0.25, -0.2) is 0 Å². The summed E-state index contributed by atoms with van der Waals surface area (Å²) in [4.78, 5) is 84.0. The molecule has 0 N–H and O–H groups in total. The number of hydrogen-bond acceptors (Lipinski definition) is 15. The van der Waals surface area contributed by atoms with Crippen LogP contribution in [0.5, 0.6) is 46.0 Å². The smallest absolute Gasteiger partial charge is 0.308 e. The first-order valence-corrected chi connectivity index (χ1v) is 17.2. The number of rotatable bonds is 11. The molecule has 2 atom stereocenters. The highest BCUT2D eigenvalue weighted by molar-refractivity contribution is 5.80. The molecule has 294 valence electrons. The molecule has 4 aromatic rings. The van der Waals surface area contributed by atoms with Gasteiger partial charge in [0.1, 0.15) is 29.1 Å². The van der Waals surface area contributed by atoms with Gasteiger partial charge in [-0.05, 0) is 64.7 Å². The molecular formula is C42H36O15. The third kappa shape index (κ3) is 10.7. The van der Waals surface area contributed by atoms with Crippen molar-refractivity contribution in [1.29, 1.82) is 0 Å². The van der Waals surface area contributed by atoms with Crippen molar-refractivity contribution in [2.24, 2.45) is 0 Å². The normalized spacial score (nSPS) is 14.1. The van der Waals surface area contributed by atoms with E-state index in [0.717, 1.165) is 0 Å². The molecule has 15 nitrogen and oxygen atoms in total. The van der Waals surface area contributed by atoms with Crippen molar-refractivity contribution in [3.63, 3.8) is 0 Å². The molecule has 0 fully saturated rings. The maximum absolute atomic E-state index is 12.2. The maximum Gasteiger partial charge on any atom is 0.308 e. The lowest BCUT2D eigenvalue weighted by atomic mass is 9.82. The van der Waals surface area contributed by atoms with Crippen molar-refractivity contribution in [2.45, 2.75) is 60.5 Å². The minimum Gasteiger partial charge on any atom is -0.484 e. The van der Waals surface area contributed by atoms with Crippen LogP contribution in [0.15, 0.2) is 66.7 Å². The fourth-order valence-electron chi connectivity index (χ4n) is 6.06. The predicted octanol–water partition coefficient (Wildman–Crippen LogP) is 6.60. The fourth-order valence-corrected chi connectivity index (χ4v) is 6.06. The van der Waals surface area contributed by atoms with Crippen molar-refractivity contribution >= 4 is 53.9 Å². The van der Waals surface area contributed by atoms with E-state index in [9.17, 15) is 33.6 Å². The van der Waals surface area contributed by atoms with Gasteiger partial charge in [0.2, 0.25) is 0 Å². The Balaban J connectivity index is 1.76. The van der Waals surface area contributed by atoms with Crippen molar-refractivity contribution in [2.75, 3.05) is 0 Å². The molecule has 0 radical (unpaired) electrons. The van der Waals surface area contributed by atoms with E-state index in [2.05, 4.69) is 0 Å². The van der Waals surface area contributed by atoms with Gasteiger partial charge in [0.05, 0.1) is 5.92 Å². The van der Waals surface area contributed by atoms with Crippen LogP contribution in [-0.4, -0.2) is 41.8 Å². The standard InChI is InChI=1S/C42H36O15/c1-21(43)50-32-16-31(17-33(19-32)51-22(2)44)41-40-29(10-8-28-9-12-35(53-24(4)46)37(14-28)55-26(6)48)15-34(52-23(3)45)20-39(40)57-42(41)30-11-13-36(54-25(5)47)38(18-30)56-27(7)49/h8-20,41-42H,1-7H3/b10-8+/t41-,42+/m0/s1. The molecule has 0 unspecified atom stereocenters. The summed E-state index contributed by atoms with van der Waals surface area (Å²) in [6, 6.07) is 16.7. The van der Waals surface area contributed by atoms with E-state index in [1.165, 1.54) is 84.9 Å². The van der Waals surface area contributed by atoms with E-state index >= 15 is 0 Å².